The van der Waals surface area contributed by atoms with Crippen molar-refractivity contribution >= 4 is 22.9 Å². The zero-order valence-electron chi connectivity index (χ0n) is 13.3. The van der Waals surface area contributed by atoms with Gasteiger partial charge in [0.25, 0.3) is 0 Å². The van der Waals surface area contributed by atoms with E-state index in [-0.39, 0.29) is 5.91 Å². The molecule has 0 bridgehead atoms. The van der Waals surface area contributed by atoms with E-state index in [1.165, 1.54) is 18.3 Å². The summed E-state index contributed by atoms with van der Waals surface area (Å²) in [7, 11) is 0. The Balaban J connectivity index is 1.73. The van der Waals surface area contributed by atoms with E-state index in [1.807, 2.05) is 30.5 Å². The maximum atomic E-state index is 11.3. The third-order valence-corrected chi connectivity index (χ3v) is 4.02. The summed E-state index contributed by atoms with van der Waals surface area (Å²) < 4.78 is 5.84. The summed E-state index contributed by atoms with van der Waals surface area (Å²) in [6, 6.07) is 7.41. The van der Waals surface area contributed by atoms with Crippen LogP contribution in [0.4, 0.5) is 5.69 Å². The van der Waals surface area contributed by atoms with Crippen LogP contribution in [-0.2, 0) is 11.4 Å². The fourth-order valence-corrected chi connectivity index (χ4v) is 2.83. The first-order valence-electron chi connectivity index (χ1n) is 7.34. The molecule has 24 heavy (non-hydrogen) atoms. The minimum absolute atomic E-state index is 0.138. The van der Waals surface area contributed by atoms with Crippen molar-refractivity contribution in [1.82, 2.24) is 15.0 Å². The molecule has 1 aromatic carbocycles. The molecule has 3 rings (SSSR count). The molecule has 2 heterocycles. The van der Waals surface area contributed by atoms with Crippen LogP contribution >= 0.6 is 11.3 Å². The van der Waals surface area contributed by atoms with Gasteiger partial charge in [0.2, 0.25) is 5.91 Å². The molecule has 0 saturated heterocycles. The highest BCUT2D eigenvalue weighted by Crippen LogP contribution is 2.27. The number of carbonyl (C=O) groups is 1. The lowest BCUT2D eigenvalue weighted by Gasteiger charge is -2.11. The lowest BCUT2D eigenvalue weighted by atomic mass is 10.2. The Morgan fingerprint density at radius 3 is 2.83 bits per heavy atom. The van der Waals surface area contributed by atoms with Crippen molar-refractivity contribution in [3.8, 4) is 16.6 Å². The molecule has 0 atom stereocenters. The summed E-state index contributed by atoms with van der Waals surface area (Å²) in [6.45, 7) is 3.74. The zero-order valence-corrected chi connectivity index (χ0v) is 14.1. The number of anilines is 1. The molecule has 0 aliphatic carbocycles. The van der Waals surface area contributed by atoms with Gasteiger partial charge in [-0.05, 0) is 30.7 Å². The number of hydrogen-bond acceptors (Lipinski definition) is 6. The summed E-state index contributed by atoms with van der Waals surface area (Å²) in [4.78, 5) is 24.2. The number of ether oxygens (including phenoxy) is 1. The van der Waals surface area contributed by atoms with E-state index in [0.29, 0.717) is 23.9 Å². The number of benzene rings is 1. The monoisotopic (exact) mass is 340 g/mol. The molecular formula is C17H16N4O2S. The topological polar surface area (TPSA) is 77.0 Å². The van der Waals surface area contributed by atoms with Gasteiger partial charge in [-0.1, -0.05) is 6.07 Å². The average molecular weight is 340 g/mol. The zero-order chi connectivity index (χ0) is 16.9. The first kappa shape index (κ1) is 16.1. The van der Waals surface area contributed by atoms with Crippen LogP contribution in [0.1, 0.15) is 18.2 Å². The van der Waals surface area contributed by atoms with Crippen molar-refractivity contribution in [2.45, 2.75) is 20.5 Å². The predicted octanol–water partition coefficient (Wildman–Crippen LogP) is 3.45. The summed E-state index contributed by atoms with van der Waals surface area (Å²) >= 11 is 1.47. The van der Waals surface area contributed by atoms with Gasteiger partial charge in [-0.2, -0.15) is 0 Å². The predicted molar refractivity (Wildman–Crippen MR) is 93.0 cm³/mol. The number of rotatable bonds is 5. The van der Waals surface area contributed by atoms with Crippen molar-refractivity contribution in [2.24, 2.45) is 0 Å². The van der Waals surface area contributed by atoms with Crippen LogP contribution in [0.15, 0.2) is 42.0 Å². The van der Waals surface area contributed by atoms with Crippen LogP contribution in [0.3, 0.4) is 0 Å². The van der Waals surface area contributed by atoms with Crippen molar-refractivity contribution < 1.29 is 9.53 Å². The van der Waals surface area contributed by atoms with Crippen molar-refractivity contribution in [2.75, 3.05) is 5.32 Å². The van der Waals surface area contributed by atoms with E-state index in [9.17, 15) is 4.79 Å². The highest BCUT2D eigenvalue weighted by atomic mass is 32.1. The average Bonchev–Trinajstić information content (AvgIpc) is 3.04. The number of hydrogen-bond donors (Lipinski definition) is 1. The van der Waals surface area contributed by atoms with Crippen LogP contribution in [-0.4, -0.2) is 20.9 Å². The van der Waals surface area contributed by atoms with Gasteiger partial charge in [-0.3, -0.25) is 4.79 Å². The summed E-state index contributed by atoms with van der Waals surface area (Å²) in [6.07, 6.45) is 3.37. The highest BCUT2D eigenvalue weighted by Gasteiger charge is 2.10. The standard InChI is InChI=1S/C17H16N4O2S/c1-11-4-5-14(20-12(2)22)15(8-11)23-9-13-10-24-17(21-13)16-18-6-3-7-19-16/h3-8,10H,9H2,1-2H3,(H,20,22). The Hall–Kier alpha value is -2.80. The largest absolute Gasteiger partial charge is 0.485 e. The summed E-state index contributed by atoms with van der Waals surface area (Å²) in [5.74, 6) is 1.08. The Kier molecular flexibility index (Phi) is 4.81. The Bertz CT molecular complexity index is 849. The fraction of sp³-hybridized carbons (Fsp3) is 0.176. The van der Waals surface area contributed by atoms with Gasteiger partial charge in [0, 0.05) is 24.7 Å². The normalized spacial score (nSPS) is 10.4. The van der Waals surface area contributed by atoms with Crippen LogP contribution in [0.5, 0.6) is 5.75 Å². The molecule has 0 unspecified atom stereocenters. The van der Waals surface area contributed by atoms with Crippen molar-refractivity contribution in [3.05, 3.63) is 53.3 Å². The van der Waals surface area contributed by atoms with Crippen LogP contribution in [0, 0.1) is 6.92 Å². The molecule has 0 aliphatic heterocycles. The van der Waals surface area contributed by atoms with Gasteiger partial charge >= 0.3 is 0 Å². The molecule has 0 spiro atoms. The molecule has 2 aromatic heterocycles. The second-order valence-electron chi connectivity index (χ2n) is 5.19. The van der Waals surface area contributed by atoms with Crippen LogP contribution in [0.2, 0.25) is 0 Å². The van der Waals surface area contributed by atoms with E-state index < -0.39 is 0 Å². The Labute approximate surface area is 143 Å². The van der Waals surface area contributed by atoms with E-state index in [0.717, 1.165) is 16.3 Å². The fourth-order valence-electron chi connectivity index (χ4n) is 2.08. The SMILES string of the molecule is CC(=O)Nc1ccc(C)cc1OCc1csc(-c2ncccn2)n1. The maximum absolute atomic E-state index is 11.3. The molecular weight excluding hydrogens is 324 g/mol. The molecule has 1 amide bonds. The number of thiazole rings is 1. The minimum atomic E-state index is -0.138. The van der Waals surface area contributed by atoms with Crippen molar-refractivity contribution in [3.63, 3.8) is 0 Å². The first-order chi connectivity index (χ1) is 11.6. The van der Waals surface area contributed by atoms with Gasteiger partial charge in [-0.25, -0.2) is 15.0 Å². The van der Waals surface area contributed by atoms with Gasteiger partial charge in [0.15, 0.2) is 10.8 Å². The summed E-state index contributed by atoms with van der Waals surface area (Å²) in [5.41, 5.74) is 2.49. The van der Waals surface area contributed by atoms with Crippen LogP contribution in [0.25, 0.3) is 10.8 Å². The van der Waals surface area contributed by atoms with E-state index >= 15 is 0 Å². The third kappa shape index (κ3) is 3.94. The molecule has 0 aliphatic rings. The molecule has 1 N–H and O–H groups in total. The molecule has 0 saturated carbocycles. The highest BCUT2D eigenvalue weighted by molar-refractivity contribution is 7.13. The number of amides is 1. The second kappa shape index (κ2) is 7.18. The Morgan fingerprint density at radius 2 is 2.08 bits per heavy atom. The lowest BCUT2D eigenvalue weighted by Crippen LogP contribution is -2.08. The van der Waals surface area contributed by atoms with Gasteiger partial charge < -0.3 is 10.1 Å². The number of carbonyl (C=O) groups excluding carboxylic acids is 1. The molecule has 0 fully saturated rings. The van der Waals surface area contributed by atoms with Gasteiger partial charge in [0.05, 0.1) is 11.4 Å². The second-order valence-corrected chi connectivity index (χ2v) is 6.04. The first-order valence-corrected chi connectivity index (χ1v) is 8.22. The minimum Gasteiger partial charge on any atom is -0.485 e. The smallest absolute Gasteiger partial charge is 0.221 e. The van der Waals surface area contributed by atoms with E-state index in [4.69, 9.17) is 4.74 Å². The van der Waals surface area contributed by atoms with Crippen molar-refractivity contribution in [1.29, 1.82) is 0 Å². The molecule has 0 radical (unpaired) electrons. The molecule has 122 valence electrons. The number of nitrogens with one attached hydrogen (secondary N) is 1. The third-order valence-electron chi connectivity index (χ3n) is 3.13. The number of aryl methyl sites for hydroxylation is 1. The maximum Gasteiger partial charge on any atom is 0.221 e. The summed E-state index contributed by atoms with van der Waals surface area (Å²) in [5, 5.41) is 5.43. The van der Waals surface area contributed by atoms with Gasteiger partial charge in [-0.15, -0.1) is 11.3 Å². The van der Waals surface area contributed by atoms with E-state index in [2.05, 4.69) is 20.3 Å². The molecule has 7 heteroatoms. The van der Waals surface area contributed by atoms with Crippen LogP contribution < -0.4 is 10.1 Å². The number of nitrogens with zero attached hydrogens (tertiary/aromatic N) is 3. The molecule has 3 aromatic rings. The quantitative estimate of drug-likeness (QED) is 0.770. The van der Waals surface area contributed by atoms with E-state index in [1.54, 1.807) is 18.5 Å². The van der Waals surface area contributed by atoms with Gasteiger partial charge in [0.1, 0.15) is 12.4 Å². The number of aromatic nitrogens is 3. The Morgan fingerprint density at radius 1 is 1.29 bits per heavy atom. The molecule has 6 nitrogen and oxygen atoms in total. The lowest BCUT2D eigenvalue weighted by molar-refractivity contribution is -0.114.